The number of fused-ring (bicyclic) bond motifs is 1. The summed E-state index contributed by atoms with van der Waals surface area (Å²) in [5, 5.41) is 10.3. The average molecular weight is 302 g/mol. The Morgan fingerprint density at radius 3 is 3.05 bits per heavy atom. The van der Waals surface area contributed by atoms with Gasteiger partial charge >= 0.3 is 0 Å². The highest BCUT2D eigenvalue weighted by atomic mass is 32.1. The maximum Gasteiger partial charge on any atom is 0.269 e. The molecule has 5 nitrogen and oxygen atoms in total. The van der Waals surface area contributed by atoms with Crippen LogP contribution in [-0.2, 0) is 13.0 Å². The van der Waals surface area contributed by atoms with E-state index >= 15 is 0 Å². The van der Waals surface area contributed by atoms with Crippen LogP contribution >= 0.6 is 11.5 Å². The first kappa shape index (κ1) is 14.2. The number of nitrogens with zero attached hydrogens (tertiary/aromatic N) is 2. The molecule has 3 rings (SSSR count). The Morgan fingerprint density at radius 2 is 2.24 bits per heavy atom. The minimum atomic E-state index is -0.127. The lowest BCUT2D eigenvalue weighted by molar-refractivity contribution is 0.102. The number of benzene rings is 1. The molecule has 0 atom stereocenters. The van der Waals surface area contributed by atoms with Gasteiger partial charge in [-0.25, -0.2) is 0 Å². The number of carbonyl (C=O) groups excluding carboxylic acids is 1. The molecule has 0 unspecified atom stereocenters. The Hall–Kier alpha value is -1.79. The fourth-order valence-electron chi connectivity index (χ4n) is 2.48. The first-order valence-electron chi connectivity index (χ1n) is 7.11. The Bertz CT molecular complexity index is 665. The second-order valence-corrected chi connectivity index (χ2v) is 6.26. The Morgan fingerprint density at radius 1 is 1.38 bits per heavy atom. The quantitative estimate of drug-likeness (QED) is 0.914. The van der Waals surface area contributed by atoms with Crippen LogP contribution in [0.2, 0.25) is 0 Å². The van der Waals surface area contributed by atoms with E-state index in [1.807, 2.05) is 26.0 Å². The van der Waals surface area contributed by atoms with Crippen LogP contribution < -0.4 is 10.6 Å². The van der Waals surface area contributed by atoms with Crippen LogP contribution in [0.3, 0.4) is 0 Å². The number of hydrogen-bond acceptors (Lipinski definition) is 5. The number of anilines is 1. The monoisotopic (exact) mass is 302 g/mol. The van der Waals surface area contributed by atoms with Crippen molar-refractivity contribution in [1.29, 1.82) is 0 Å². The van der Waals surface area contributed by atoms with E-state index in [0.717, 1.165) is 42.4 Å². The first-order valence-corrected chi connectivity index (χ1v) is 7.88. The van der Waals surface area contributed by atoms with Crippen LogP contribution in [-0.4, -0.2) is 22.0 Å². The third-order valence-electron chi connectivity index (χ3n) is 3.62. The predicted octanol–water partition coefficient (Wildman–Crippen LogP) is 2.56. The van der Waals surface area contributed by atoms with Crippen molar-refractivity contribution in [3.05, 3.63) is 39.9 Å². The predicted molar refractivity (Wildman–Crippen MR) is 83.8 cm³/mol. The van der Waals surface area contributed by atoms with Gasteiger partial charge in [-0.3, -0.25) is 4.79 Å². The summed E-state index contributed by atoms with van der Waals surface area (Å²) in [5.74, 6) is 0.0645. The second-order valence-electron chi connectivity index (χ2n) is 5.51. The van der Waals surface area contributed by atoms with E-state index in [1.54, 1.807) is 0 Å². The lowest BCUT2D eigenvalue weighted by Gasteiger charge is -2.18. The van der Waals surface area contributed by atoms with E-state index in [4.69, 9.17) is 0 Å². The van der Waals surface area contributed by atoms with E-state index in [0.29, 0.717) is 4.88 Å². The van der Waals surface area contributed by atoms with E-state index in [-0.39, 0.29) is 11.8 Å². The molecule has 1 aliphatic heterocycles. The maximum absolute atomic E-state index is 12.4. The summed E-state index contributed by atoms with van der Waals surface area (Å²) in [6, 6.07) is 6.11. The zero-order valence-corrected chi connectivity index (χ0v) is 13.0. The molecule has 1 aromatic carbocycles. The summed E-state index contributed by atoms with van der Waals surface area (Å²) in [6.45, 7) is 5.90. The molecule has 2 aromatic rings. The second kappa shape index (κ2) is 5.91. The van der Waals surface area contributed by atoms with Gasteiger partial charge in [-0.2, -0.15) is 0 Å². The van der Waals surface area contributed by atoms with Gasteiger partial charge in [0.15, 0.2) is 0 Å². The Labute approximate surface area is 127 Å². The molecule has 2 N–H and O–H groups in total. The molecule has 110 valence electrons. The Balaban J connectivity index is 1.80. The highest BCUT2D eigenvalue weighted by molar-refractivity contribution is 7.08. The zero-order chi connectivity index (χ0) is 14.8. The standard InChI is InChI=1S/C15H18N4OS/c1-9(2)13-14(21-19-18-13)15(20)17-12-4-3-10-5-6-16-8-11(10)7-12/h3-4,7,9,16H,5-6,8H2,1-2H3,(H,17,20). The fraction of sp³-hybridized carbons (Fsp3) is 0.400. The summed E-state index contributed by atoms with van der Waals surface area (Å²) in [5.41, 5.74) is 4.20. The van der Waals surface area contributed by atoms with E-state index in [2.05, 4.69) is 26.3 Å². The number of aromatic nitrogens is 2. The molecular weight excluding hydrogens is 284 g/mol. The zero-order valence-electron chi connectivity index (χ0n) is 12.1. The van der Waals surface area contributed by atoms with Crippen molar-refractivity contribution < 1.29 is 4.79 Å². The van der Waals surface area contributed by atoms with Crippen LogP contribution in [0.15, 0.2) is 18.2 Å². The van der Waals surface area contributed by atoms with Gasteiger partial charge < -0.3 is 10.6 Å². The molecule has 1 aliphatic rings. The van der Waals surface area contributed by atoms with Crippen LogP contribution in [0, 0.1) is 0 Å². The first-order chi connectivity index (χ1) is 10.1. The fourth-order valence-corrected chi connectivity index (χ4v) is 3.19. The molecule has 1 aromatic heterocycles. The lowest BCUT2D eigenvalue weighted by atomic mass is 10.0. The molecule has 0 aliphatic carbocycles. The molecule has 0 spiro atoms. The smallest absolute Gasteiger partial charge is 0.269 e. The van der Waals surface area contributed by atoms with Gasteiger partial charge in [-0.15, -0.1) is 5.10 Å². The third-order valence-corrected chi connectivity index (χ3v) is 4.36. The third kappa shape index (κ3) is 2.96. The van der Waals surface area contributed by atoms with Gasteiger partial charge in [0.25, 0.3) is 5.91 Å². The van der Waals surface area contributed by atoms with Gasteiger partial charge in [-0.05, 0) is 53.7 Å². The van der Waals surface area contributed by atoms with Crippen LogP contribution in [0.1, 0.15) is 46.3 Å². The van der Waals surface area contributed by atoms with Gasteiger partial charge in [0, 0.05) is 12.2 Å². The molecule has 0 bridgehead atoms. The molecule has 0 saturated carbocycles. The largest absolute Gasteiger partial charge is 0.321 e. The molecule has 1 amide bonds. The summed E-state index contributed by atoms with van der Waals surface area (Å²) in [4.78, 5) is 13.0. The van der Waals surface area contributed by atoms with Crippen molar-refractivity contribution in [3.8, 4) is 0 Å². The van der Waals surface area contributed by atoms with Crippen molar-refractivity contribution in [3.63, 3.8) is 0 Å². The molecule has 0 radical (unpaired) electrons. The minimum Gasteiger partial charge on any atom is -0.321 e. The summed E-state index contributed by atoms with van der Waals surface area (Å²) in [6.07, 6.45) is 1.04. The number of amides is 1. The highest BCUT2D eigenvalue weighted by Gasteiger charge is 2.19. The van der Waals surface area contributed by atoms with Crippen LogP contribution in [0.4, 0.5) is 5.69 Å². The van der Waals surface area contributed by atoms with Gasteiger partial charge in [0.05, 0.1) is 5.69 Å². The average Bonchev–Trinajstić information content (AvgIpc) is 2.97. The van der Waals surface area contributed by atoms with Crippen molar-refractivity contribution in [2.24, 2.45) is 0 Å². The minimum absolute atomic E-state index is 0.127. The van der Waals surface area contributed by atoms with Crippen molar-refractivity contribution >= 4 is 23.1 Å². The lowest BCUT2D eigenvalue weighted by Crippen LogP contribution is -2.23. The van der Waals surface area contributed by atoms with Gasteiger partial charge in [0.1, 0.15) is 4.88 Å². The SMILES string of the molecule is CC(C)c1nnsc1C(=O)Nc1ccc2c(c1)CNCC2. The van der Waals surface area contributed by atoms with Crippen molar-refractivity contribution in [2.75, 3.05) is 11.9 Å². The summed E-state index contributed by atoms with van der Waals surface area (Å²) < 4.78 is 3.90. The number of nitrogens with one attached hydrogen (secondary N) is 2. The van der Waals surface area contributed by atoms with E-state index < -0.39 is 0 Å². The van der Waals surface area contributed by atoms with Crippen LogP contribution in [0.5, 0.6) is 0 Å². The van der Waals surface area contributed by atoms with Gasteiger partial charge in [0.2, 0.25) is 0 Å². The summed E-state index contributed by atoms with van der Waals surface area (Å²) in [7, 11) is 0. The van der Waals surface area contributed by atoms with Crippen LogP contribution in [0.25, 0.3) is 0 Å². The van der Waals surface area contributed by atoms with Crippen molar-refractivity contribution in [1.82, 2.24) is 14.9 Å². The number of rotatable bonds is 3. The maximum atomic E-state index is 12.4. The highest BCUT2D eigenvalue weighted by Crippen LogP contribution is 2.23. The number of carbonyl (C=O) groups is 1. The summed E-state index contributed by atoms with van der Waals surface area (Å²) >= 11 is 1.15. The molecule has 2 heterocycles. The molecular formula is C15H18N4OS. The molecule has 0 saturated heterocycles. The Kier molecular flexibility index (Phi) is 3.98. The topological polar surface area (TPSA) is 66.9 Å². The normalized spacial score (nSPS) is 14.0. The van der Waals surface area contributed by atoms with Crippen molar-refractivity contribution in [2.45, 2.75) is 32.7 Å². The molecule has 21 heavy (non-hydrogen) atoms. The van der Waals surface area contributed by atoms with E-state index in [1.165, 1.54) is 11.1 Å². The van der Waals surface area contributed by atoms with Gasteiger partial charge in [-0.1, -0.05) is 24.4 Å². The van der Waals surface area contributed by atoms with E-state index in [9.17, 15) is 4.79 Å². The molecule has 0 fully saturated rings. The number of hydrogen-bond donors (Lipinski definition) is 2. The molecule has 6 heteroatoms.